The van der Waals surface area contributed by atoms with E-state index in [2.05, 4.69) is 10.3 Å². The molecule has 4 aliphatic heterocycles. The van der Waals surface area contributed by atoms with Crippen LogP contribution in [0.5, 0.6) is 0 Å². The van der Waals surface area contributed by atoms with E-state index in [0.717, 1.165) is 11.0 Å². The molecule has 0 bridgehead atoms. The van der Waals surface area contributed by atoms with Gasteiger partial charge >= 0.3 is 0 Å². The Balaban J connectivity index is 1.45. The first-order chi connectivity index (χ1) is 18.8. The predicted octanol–water partition coefficient (Wildman–Crippen LogP) is 0.803. The van der Waals surface area contributed by atoms with Crippen LogP contribution < -0.4 is 0 Å². The molecular formula is C28H34N6O5. The number of nitrogens with zero attached hydrogens (tertiary/aromatic N) is 6. The minimum atomic E-state index is -1.33. The van der Waals surface area contributed by atoms with Gasteiger partial charge in [0.1, 0.15) is 23.8 Å². The van der Waals surface area contributed by atoms with Crippen LogP contribution in [-0.4, -0.2) is 103 Å². The number of hydrogen-bond donors (Lipinski definition) is 1. The molecular weight excluding hydrogens is 500 g/mol. The third-order valence-electron chi connectivity index (χ3n) is 8.95. The van der Waals surface area contributed by atoms with Crippen LogP contribution in [0.25, 0.3) is 11.0 Å². The standard InChI is InChI=1S/C28H34N6O5/c1-4-17(2)20(15-35)34-24-27(38)32(16-33-19-10-6-5-9-18(19)29-30-33)14-8-12-28(24)23(26(34)37)22-21(39-28)11-7-13-31(3)25(22)36/h5-12,17,20-24,35H,4,13-16H2,1-3H3/t17-,20-,21-,22+,23-,24?,28-/m0/s1. The van der Waals surface area contributed by atoms with Crippen molar-refractivity contribution in [1.82, 2.24) is 29.7 Å². The van der Waals surface area contributed by atoms with Crippen molar-refractivity contribution in [1.29, 1.82) is 0 Å². The van der Waals surface area contributed by atoms with Gasteiger partial charge in [0.25, 0.3) is 5.91 Å². The molecule has 7 atom stereocenters. The van der Waals surface area contributed by atoms with Crippen LogP contribution in [0.1, 0.15) is 20.3 Å². The molecule has 4 aliphatic rings. The van der Waals surface area contributed by atoms with Gasteiger partial charge in [0.2, 0.25) is 11.8 Å². The van der Waals surface area contributed by atoms with Crippen molar-refractivity contribution in [3.63, 3.8) is 0 Å². The quantitative estimate of drug-likeness (QED) is 0.545. The Hall–Kier alpha value is -3.57. The highest BCUT2D eigenvalue weighted by Gasteiger charge is 2.72. The lowest BCUT2D eigenvalue weighted by Gasteiger charge is -2.40. The zero-order chi connectivity index (χ0) is 27.5. The Labute approximate surface area is 226 Å². The Bertz CT molecular complexity index is 1370. The number of aliphatic hydroxyl groups excluding tert-OH is 1. The number of carbonyl (C=O) groups excluding carboxylic acids is 3. The second kappa shape index (κ2) is 9.56. The number of amides is 3. The van der Waals surface area contributed by atoms with Gasteiger partial charge in [0.15, 0.2) is 0 Å². The number of aliphatic hydroxyl groups is 1. The molecule has 2 saturated heterocycles. The summed E-state index contributed by atoms with van der Waals surface area (Å²) in [6.45, 7) is 4.48. The van der Waals surface area contributed by atoms with Crippen LogP contribution in [0.15, 0.2) is 48.6 Å². The normalized spacial score (nSPS) is 31.8. The Kier molecular flexibility index (Phi) is 6.30. The predicted molar refractivity (Wildman–Crippen MR) is 141 cm³/mol. The summed E-state index contributed by atoms with van der Waals surface area (Å²) in [7, 11) is 1.71. The van der Waals surface area contributed by atoms with Crippen molar-refractivity contribution in [2.45, 2.75) is 50.7 Å². The maximum atomic E-state index is 14.5. The van der Waals surface area contributed by atoms with Gasteiger partial charge in [-0.3, -0.25) is 14.4 Å². The van der Waals surface area contributed by atoms with Crippen LogP contribution in [0.3, 0.4) is 0 Å². The highest BCUT2D eigenvalue weighted by molar-refractivity contribution is 6.00. The second-order valence-electron chi connectivity index (χ2n) is 11.1. The molecule has 11 nitrogen and oxygen atoms in total. The van der Waals surface area contributed by atoms with Gasteiger partial charge in [-0.1, -0.05) is 61.9 Å². The lowest BCUT2D eigenvalue weighted by molar-refractivity contribution is -0.153. The van der Waals surface area contributed by atoms with Gasteiger partial charge in [0.05, 0.1) is 36.1 Å². The lowest BCUT2D eigenvalue weighted by Crippen LogP contribution is -2.59. The fourth-order valence-electron chi connectivity index (χ4n) is 6.73. The van der Waals surface area contributed by atoms with Crippen molar-refractivity contribution in [3.05, 3.63) is 48.6 Å². The van der Waals surface area contributed by atoms with Gasteiger partial charge in [-0.25, -0.2) is 4.68 Å². The fourth-order valence-corrected chi connectivity index (χ4v) is 6.73. The highest BCUT2D eigenvalue weighted by atomic mass is 16.5. The summed E-state index contributed by atoms with van der Waals surface area (Å²) in [6.07, 6.45) is 7.46. The zero-order valence-electron chi connectivity index (χ0n) is 22.4. The maximum absolute atomic E-state index is 14.5. The molecule has 206 valence electrons. The number of benzene rings is 1. The number of rotatable bonds is 6. The number of ether oxygens (including phenoxy) is 1. The number of likely N-dealkylation sites (N-methyl/N-ethyl adjacent to an activating group) is 1. The second-order valence-corrected chi connectivity index (χ2v) is 11.1. The van der Waals surface area contributed by atoms with Gasteiger partial charge in [-0.15, -0.1) is 5.10 Å². The average Bonchev–Trinajstić information content (AvgIpc) is 3.50. The largest absolute Gasteiger partial charge is 0.394 e. The molecule has 1 unspecified atom stereocenters. The Morgan fingerprint density at radius 1 is 1.13 bits per heavy atom. The first kappa shape index (κ1) is 25.7. The minimum absolute atomic E-state index is 0.0780. The summed E-state index contributed by atoms with van der Waals surface area (Å²) >= 11 is 0. The molecule has 5 heterocycles. The van der Waals surface area contributed by atoms with E-state index in [1.54, 1.807) is 21.5 Å². The maximum Gasteiger partial charge on any atom is 0.250 e. The first-order valence-corrected chi connectivity index (χ1v) is 13.6. The molecule has 0 aliphatic carbocycles. The molecule has 1 aromatic carbocycles. The zero-order valence-corrected chi connectivity index (χ0v) is 22.4. The minimum Gasteiger partial charge on any atom is -0.394 e. The summed E-state index contributed by atoms with van der Waals surface area (Å²) < 4.78 is 8.31. The van der Waals surface area contributed by atoms with E-state index < -0.39 is 35.6 Å². The van der Waals surface area contributed by atoms with Crippen LogP contribution in [0, 0.1) is 17.8 Å². The summed E-state index contributed by atoms with van der Waals surface area (Å²) in [6, 6.07) is 5.88. The van der Waals surface area contributed by atoms with E-state index in [9.17, 15) is 19.5 Å². The molecule has 11 heteroatoms. The van der Waals surface area contributed by atoms with E-state index in [0.29, 0.717) is 13.0 Å². The van der Waals surface area contributed by atoms with Gasteiger partial charge in [0, 0.05) is 20.1 Å². The topological polar surface area (TPSA) is 121 Å². The molecule has 2 fully saturated rings. The van der Waals surface area contributed by atoms with Gasteiger partial charge < -0.3 is 24.5 Å². The lowest BCUT2D eigenvalue weighted by atomic mass is 9.77. The van der Waals surface area contributed by atoms with Crippen molar-refractivity contribution in [2.24, 2.45) is 17.8 Å². The molecule has 0 radical (unpaired) electrons. The van der Waals surface area contributed by atoms with Crippen molar-refractivity contribution in [2.75, 3.05) is 26.7 Å². The smallest absolute Gasteiger partial charge is 0.250 e. The number of fused-ring (bicyclic) bond motifs is 3. The van der Waals surface area contributed by atoms with E-state index in [1.165, 1.54) is 4.90 Å². The molecule has 6 rings (SSSR count). The van der Waals surface area contributed by atoms with E-state index in [1.807, 2.05) is 62.4 Å². The van der Waals surface area contributed by atoms with Crippen molar-refractivity contribution in [3.8, 4) is 0 Å². The van der Waals surface area contributed by atoms with E-state index in [4.69, 9.17) is 4.74 Å². The van der Waals surface area contributed by atoms with Crippen LogP contribution in [-0.2, 0) is 25.8 Å². The summed E-state index contributed by atoms with van der Waals surface area (Å²) in [4.78, 5) is 47.1. The Morgan fingerprint density at radius 3 is 2.69 bits per heavy atom. The summed E-state index contributed by atoms with van der Waals surface area (Å²) in [5.74, 6) is -2.52. The molecule has 0 saturated carbocycles. The molecule has 39 heavy (non-hydrogen) atoms. The highest BCUT2D eigenvalue weighted by Crippen LogP contribution is 2.54. The van der Waals surface area contributed by atoms with Crippen molar-refractivity contribution >= 4 is 28.8 Å². The summed E-state index contributed by atoms with van der Waals surface area (Å²) in [5, 5.41) is 19.0. The van der Waals surface area contributed by atoms with Crippen LogP contribution >= 0.6 is 0 Å². The molecule has 3 amide bonds. The summed E-state index contributed by atoms with van der Waals surface area (Å²) in [5.41, 5.74) is 0.175. The van der Waals surface area contributed by atoms with E-state index in [-0.39, 0.29) is 43.5 Å². The monoisotopic (exact) mass is 534 g/mol. The fraction of sp³-hybridized carbons (Fsp3) is 0.536. The number of para-hydroxylation sites is 1. The van der Waals surface area contributed by atoms with E-state index >= 15 is 0 Å². The first-order valence-electron chi connectivity index (χ1n) is 13.6. The molecule has 1 aromatic heterocycles. The Morgan fingerprint density at radius 2 is 1.92 bits per heavy atom. The molecule has 2 aromatic rings. The average molecular weight is 535 g/mol. The van der Waals surface area contributed by atoms with Crippen LogP contribution in [0.2, 0.25) is 0 Å². The number of likely N-dealkylation sites (tertiary alicyclic amines) is 1. The molecule has 1 spiro atoms. The number of hydrogen-bond acceptors (Lipinski definition) is 7. The molecule has 1 N–H and O–H groups in total. The number of aromatic nitrogens is 3. The third-order valence-corrected chi connectivity index (χ3v) is 8.95. The number of carbonyl (C=O) groups is 3. The third kappa shape index (κ3) is 3.74. The van der Waals surface area contributed by atoms with Gasteiger partial charge in [-0.2, -0.15) is 0 Å². The van der Waals surface area contributed by atoms with Crippen LogP contribution in [0.4, 0.5) is 0 Å². The van der Waals surface area contributed by atoms with Gasteiger partial charge in [-0.05, 0) is 18.1 Å². The van der Waals surface area contributed by atoms with Crippen molar-refractivity contribution < 1.29 is 24.2 Å². The SMILES string of the molecule is CC[C@H](C)[C@H](CO)N1C(=O)[C@@H]2[C@@H]3C(=O)N(C)CC=C[C@@H]3O[C@@]23C=CCN(Cn2nnc4ccccc42)C(=O)C13.